The van der Waals surface area contributed by atoms with E-state index in [0.29, 0.717) is 6.54 Å². The lowest BCUT2D eigenvalue weighted by Crippen LogP contribution is -2.50. The fourth-order valence-corrected chi connectivity index (χ4v) is 2.74. The lowest BCUT2D eigenvalue weighted by atomic mass is 10.2. The van der Waals surface area contributed by atoms with Crippen molar-refractivity contribution in [3.63, 3.8) is 0 Å². The summed E-state index contributed by atoms with van der Waals surface area (Å²) in [7, 11) is 0. The second kappa shape index (κ2) is 7.66. The molecule has 21 heavy (non-hydrogen) atoms. The number of nitrogens with one attached hydrogen (secondary N) is 1. The number of nitrogens with zero attached hydrogens (tertiary/aromatic N) is 2. The molecule has 1 aliphatic heterocycles. The number of carbonyl (C=O) groups is 1. The van der Waals surface area contributed by atoms with E-state index in [9.17, 15) is 4.79 Å². The molecule has 1 saturated heterocycles. The van der Waals surface area contributed by atoms with Gasteiger partial charge in [-0.25, -0.2) is 0 Å². The van der Waals surface area contributed by atoms with Crippen LogP contribution >= 0.6 is 11.6 Å². The zero-order valence-corrected chi connectivity index (χ0v) is 13.6. The number of carbonyl (C=O) groups excluding carboxylic acids is 1. The summed E-state index contributed by atoms with van der Waals surface area (Å²) in [6, 6.07) is 8.17. The van der Waals surface area contributed by atoms with E-state index in [0.717, 1.165) is 43.3 Å². The number of amides is 1. The van der Waals surface area contributed by atoms with Crippen molar-refractivity contribution in [1.29, 1.82) is 0 Å². The van der Waals surface area contributed by atoms with Crippen LogP contribution in [0.4, 0.5) is 5.69 Å². The standard InChI is InChI=1S/C16H24ClN3O/c1-3-13(2)18-16(21)12-19-8-10-20(11-9-19)15-7-5-4-6-14(15)17/h4-7,13H,3,8-12H2,1-2H3,(H,18,21). The smallest absolute Gasteiger partial charge is 0.234 e. The predicted molar refractivity (Wildman–Crippen MR) is 88.0 cm³/mol. The topological polar surface area (TPSA) is 35.6 Å². The largest absolute Gasteiger partial charge is 0.368 e. The molecule has 0 bridgehead atoms. The highest BCUT2D eigenvalue weighted by Crippen LogP contribution is 2.25. The Hall–Kier alpha value is -1.26. The molecule has 0 aliphatic carbocycles. The van der Waals surface area contributed by atoms with Gasteiger partial charge in [-0.3, -0.25) is 9.69 Å². The van der Waals surface area contributed by atoms with E-state index in [1.807, 2.05) is 31.2 Å². The van der Waals surface area contributed by atoms with Gasteiger partial charge in [0, 0.05) is 32.2 Å². The summed E-state index contributed by atoms with van der Waals surface area (Å²) in [4.78, 5) is 16.4. The van der Waals surface area contributed by atoms with Crippen molar-refractivity contribution in [3.8, 4) is 0 Å². The van der Waals surface area contributed by atoms with Crippen molar-refractivity contribution in [2.24, 2.45) is 0 Å². The predicted octanol–water partition coefficient (Wildman–Crippen LogP) is 2.38. The number of hydrogen-bond acceptors (Lipinski definition) is 3. The zero-order valence-electron chi connectivity index (χ0n) is 12.8. The molecular weight excluding hydrogens is 286 g/mol. The number of para-hydroxylation sites is 1. The first-order valence-electron chi connectivity index (χ1n) is 7.61. The quantitative estimate of drug-likeness (QED) is 0.907. The first-order valence-corrected chi connectivity index (χ1v) is 7.99. The number of hydrogen-bond donors (Lipinski definition) is 1. The Balaban J connectivity index is 1.81. The van der Waals surface area contributed by atoms with Crippen LogP contribution < -0.4 is 10.2 Å². The van der Waals surface area contributed by atoms with Gasteiger partial charge >= 0.3 is 0 Å². The first kappa shape index (κ1) is 16.1. The van der Waals surface area contributed by atoms with E-state index in [2.05, 4.69) is 22.0 Å². The molecule has 5 heteroatoms. The summed E-state index contributed by atoms with van der Waals surface area (Å²) in [5, 5.41) is 3.81. The van der Waals surface area contributed by atoms with E-state index >= 15 is 0 Å². The lowest BCUT2D eigenvalue weighted by Gasteiger charge is -2.36. The minimum Gasteiger partial charge on any atom is -0.368 e. The van der Waals surface area contributed by atoms with E-state index in [4.69, 9.17) is 11.6 Å². The van der Waals surface area contributed by atoms with Gasteiger partial charge in [-0.1, -0.05) is 30.7 Å². The molecule has 0 radical (unpaired) electrons. The molecule has 1 aliphatic rings. The van der Waals surface area contributed by atoms with E-state index in [1.54, 1.807) is 0 Å². The molecule has 4 nitrogen and oxygen atoms in total. The molecule has 116 valence electrons. The lowest BCUT2D eigenvalue weighted by molar-refractivity contribution is -0.122. The minimum atomic E-state index is 0.121. The van der Waals surface area contributed by atoms with Gasteiger partial charge < -0.3 is 10.2 Å². The third kappa shape index (κ3) is 4.61. The van der Waals surface area contributed by atoms with Crippen molar-refractivity contribution < 1.29 is 4.79 Å². The SMILES string of the molecule is CCC(C)NC(=O)CN1CCN(c2ccccc2Cl)CC1. The van der Waals surface area contributed by atoms with Crippen LogP contribution in [0.15, 0.2) is 24.3 Å². The van der Waals surface area contributed by atoms with Gasteiger partial charge in [0.25, 0.3) is 0 Å². The van der Waals surface area contributed by atoms with Gasteiger partial charge in [0.15, 0.2) is 0 Å². The molecule has 1 N–H and O–H groups in total. The molecular formula is C16H24ClN3O. The Labute approximate surface area is 132 Å². The number of halogens is 1. The van der Waals surface area contributed by atoms with Gasteiger partial charge in [0.1, 0.15) is 0 Å². The fraction of sp³-hybridized carbons (Fsp3) is 0.562. The highest BCUT2D eigenvalue weighted by Gasteiger charge is 2.20. The van der Waals surface area contributed by atoms with Crippen LogP contribution in [0.2, 0.25) is 5.02 Å². The van der Waals surface area contributed by atoms with Crippen molar-refractivity contribution in [3.05, 3.63) is 29.3 Å². The average Bonchev–Trinajstić information content (AvgIpc) is 2.48. The Morgan fingerprint density at radius 2 is 1.95 bits per heavy atom. The number of anilines is 1. The summed E-state index contributed by atoms with van der Waals surface area (Å²) in [6.45, 7) is 8.18. The van der Waals surface area contributed by atoms with E-state index in [-0.39, 0.29) is 11.9 Å². The van der Waals surface area contributed by atoms with Crippen molar-refractivity contribution in [1.82, 2.24) is 10.2 Å². The number of piperazine rings is 1. The zero-order chi connectivity index (χ0) is 15.2. The second-order valence-corrected chi connectivity index (χ2v) is 6.00. The summed E-state index contributed by atoms with van der Waals surface area (Å²) in [5.74, 6) is 0.121. The third-order valence-corrected chi connectivity index (χ3v) is 4.27. The minimum absolute atomic E-state index is 0.121. The first-order chi connectivity index (χ1) is 10.1. The molecule has 2 rings (SSSR count). The van der Waals surface area contributed by atoms with Crippen LogP contribution in [0, 0.1) is 0 Å². The summed E-state index contributed by atoms with van der Waals surface area (Å²) in [6.07, 6.45) is 0.964. The van der Waals surface area contributed by atoms with Crippen molar-refractivity contribution >= 4 is 23.2 Å². The van der Waals surface area contributed by atoms with Crippen LogP contribution in [-0.2, 0) is 4.79 Å². The van der Waals surface area contributed by atoms with Crippen LogP contribution in [0.25, 0.3) is 0 Å². The fourth-order valence-electron chi connectivity index (χ4n) is 2.48. The molecule has 1 amide bonds. The normalized spacial score (nSPS) is 17.6. The van der Waals surface area contributed by atoms with Gasteiger partial charge in [-0.05, 0) is 25.5 Å². The summed E-state index contributed by atoms with van der Waals surface area (Å²) in [5.41, 5.74) is 1.09. The molecule has 0 aromatic heterocycles. The van der Waals surface area contributed by atoms with Gasteiger partial charge in [-0.2, -0.15) is 0 Å². The van der Waals surface area contributed by atoms with Crippen LogP contribution in [-0.4, -0.2) is 49.6 Å². The maximum absolute atomic E-state index is 11.9. The van der Waals surface area contributed by atoms with Gasteiger partial charge in [0.05, 0.1) is 17.3 Å². The maximum Gasteiger partial charge on any atom is 0.234 e. The van der Waals surface area contributed by atoms with Crippen molar-refractivity contribution in [2.45, 2.75) is 26.3 Å². The Kier molecular flexibility index (Phi) is 5.88. The highest BCUT2D eigenvalue weighted by molar-refractivity contribution is 6.33. The van der Waals surface area contributed by atoms with Crippen LogP contribution in [0.5, 0.6) is 0 Å². The van der Waals surface area contributed by atoms with Gasteiger partial charge in [0.2, 0.25) is 5.91 Å². The number of rotatable bonds is 5. The molecule has 1 aromatic rings. The Morgan fingerprint density at radius 3 is 2.57 bits per heavy atom. The van der Waals surface area contributed by atoms with E-state index in [1.165, 1.54) is 0 Å². The summed E-state index contributed by atoms with van der Waals surface area (Å²) < 4.78 is 0. The maximum atomic E-state index is 11.9. The average molecular weight is 310 g/mol. The molecule has 0 spiro atoms. The highest BCUT2D eigenvalue weighted by atomic mass is 35.5. The Morgan fingerprint density at radius 1 is 1.29 bits per heavy atom. The third-order valence-electron chi connectivity index (χ3n) is 3.95. The van der Waals surface area contributed by atoms with Gasteiger partial charge in [-0.15, -0.1) is 0 Å². The van der Waals surface area contributed by atoms with Crippen LogP contribution in [0.1, 0.15) is 20.3 Å². The molecule has 0 saturated carbocycles. The number of benzene rings is 1. The van der Waals surface area contributed by atoms with Crippen molar-refractivity contribution in [2.75, 3.05) is 37.6 Å². The molecule has 1 fully saturated rings. The Bertz CT molecular complexity index is 472. The van der Waals surface area contributed by atoms with E-state index < -0.39 is 0 Å². The monoisotopic (exact) mass is 309 g/mol. The molecule has 1 aromatic carbocycles. The molecule has 1 atom stereocenters. The van der Waals surface area contributed by atoms with Crippen LogP contribution in [0.3, 0.4) is 0 Å². The molecule has 1 heterocycles. The second-order valence-electron chi connectivity index (χ2n) is 5.59. The summed E-state index contributed by atoms with van der Waals surface area (Å²) >= 11 is 6.23. The molecule has 1 unspecified atom stereocenters.